The average molecular weight is 262 g/mol. The van der Waals surface area contributed by atoms with Crippen molar-refractivity contribution in [2.75, 3.05) is 5.73 Å². The minimum absolute atomic E-state index is 0.0194. The molecule has 0 atom stereocenters. The summed E-state index contributed by atoms with van der Waals surface area (Å²) in [7, 11) is 0. The summed E-state index contributed by atoms with van der Waals surface area (Å²) in [5.74, 6) is -1.85. The van der Waals surface area contributed by atoms with Gasteiger partial charge in [-0.05, 0) is 15.9 Å². The molecule has 8 heteroatoms. The first-order chi connectivity index (χ1) is 6.45. The maximum Gasteiger partial charge on any atom is 0.344 e. The lowest BCUT2D eigenvalue weighted by Gasteiger charge is -2.01. The molecule has 1 heterocycles. The maximum absolute atomic E-state index is 10.7. The third-order valence-corrected chi connectivity index (χ3v) is 2.03. The van der Waals surface area contributed by atoms with E-state index in [0.29, 0.717) is 0 Å². The minimum atomic E-state index is -1.43. The van der Waals surface area contributed by atoms with Crippen molar-refractivity contribution >= 4 is 33.4 Å². The van der Waals surface area contributed by atoms with Crippen molar-refractivity contribution < 1.29 is 14.8 Å². The normalized spacial score (nSPS) is 9.79. The predicted molar refractivity (Wildman–Crippen MR) is 50.0 cm³/mol. The third-order valence-electron chi connectivity index (χ3n) is 1.43. The molecule has 3 N–H and O–H groups in total. The van der Waals surface area contributed by atoms with Crippen LogP contribution in [0.25, 0.3) is 0 Å². The smallest absolute Gasteiger partial charge is 0.344 e. The van der Waals surface area contributed by atoms with Crippen LogP contribution in [0.1, 0.15) is 10.4 Å². The molecule has 0 fully saturated rings. The van der Waals surface area contributed by atoms with Crippen LogP contribution in [0.3, 0.4) is 0 Å². The summed E-state index contributed by atoms with van der Waals surface area (Å²) in [5.41, 5.74) is 3.99. The Bertz CT molecular complexity index is 381. The molecule has 0 aliphatic carbocycles. The van der Waals surface area contributed by atoms with E-state index in [1.807, 2.05) is 0 Å². The van der Waals surface area contributed by atoms with E-state index >= 15 is 0 Å². The SMILES string of the molecule is Nc1ncc(Br)c(C(=O)O)c1[N+](=O)[O-]. The number of pyridine rings is 1. The van der Waals surface area contributed by atoms with Gasteiger partial charge in [0.15, 0.2) is 5.56 Å². The molecule has 7 nitrogen and oxygen atoms in total. The molecule has 0 bridgehead atoms. The van der Waals surface area contributed by atoms with Crippen molar-refractivity contribution in [3.8, 4) is 0 Å². The first-order valence-electron chi connectivity index (χ1n) is 3.26. The van der Waals surface area contributed by atoms with Gasteiger partial charge in [0.2, 0.25) is 5.82 Å². The van der Waals surface area contributed by atoms with Gasteiger partial charge in [0, 0.05) is 6.20 Å². The zero-order valence-corrected chi connectivity index (χ0v) is 8.19. The number of aromatic carboxylic acids is 1. The molecule has 0 spiro atoms. The second kappa shape index (κ2) is 3.58. The van der Waals surface area contributed by atoms with Gasteiger partial charge in [0.25, 0.3) is 0 Å². The Morgan fingerprint density at radius 1 is 1.71 bits per heavy atom. The number of rotatable bonds is 2. The van der Waals surface area contributed by atoms with Crippen molar-refractivity contribution in [2.24, 2.45) is 0 Å². The number of carboxylic acid groups (broad SMARTS) is 1. The highest BCUT2D eigenvalue weighted by atomic mass is 79.9. The number of hydrogen-bond acceptors (Lipinski definition) is 5. The first-order valence-corrected chi connectivity index (χ1v) is 4.06. The van der Waals surface area contributed by atoms with Crippen LogP contribution in [0, 0.1) is 10.1 Å². The Hall–Kier alpha value is -1.70. The van der Waals surface area contributed by atoms with Crippen LogP contribution in [-0.4, -0.2) is 21.0 Å². The van der Waals surface area contributed by atoms with Crippen molar-refractivity contribution in [1.29, 1.82) is 0 Å². The molecule has 74 valence electrons. The molecule has 1 aromatic rings. The summed E-state index contributed by atoms with van der Waals surface area (Å²) >= 11 is 2.85. The molecule has 0 saturated carbocycles. The number of carbonyl (C=O) groups is 1. The number of nitrogens with zero attached hydrogens (tertiary/aromatic N) is 2. The maximum atomic E-state index is 10.7. The van der Waals surface area contributed by atoms with E-state index in [9.17, 15) is 14.9 Å². The van der Waals surface area contributed by atoms with Gasteiger partial charge >= 0.3 is 11.7 Å². The fraction of sp³-hybridized carbons (Fsp3) is 0. The van der Waals surface area contributed by atoms with E-state index in [4.69, 9.17) is 10.8 Å². The van der Waals surface area contributed by atoms with E-state index in [1.54, 1.807) is 0 Å². The molecule has 0 saturated heterocycles. The second-order valence-electron chi connectivity index (χ2n) is 2.28. The monoisotopic (exact) mass is 261 g/mol. The van der Waals surface area contributed by atoms with Gasteiger partial charge in [-0.1, -0.05) is 0 Å². The van der Waals surface area contributed by atoms with Gasteiger partial charge < -0.3 is 10.8 Å². The van der Waals surface area contributed by atoms with Gasteiger partial charge in [-0.3, -0.25) is 10.1 Å². The van der Waals surface area contributed by atoms with Gasteiger partial charge in [-0.15, -0.1) is 0 Å². The molecule has 0 radical (unpaired) electrons. The van der Waals surface area contributed by atoms with Gasteiger partial charge in [-0.25, -0.2) is 9.78 Å². The summed E-state index contributed by atoms with van der Waals surface area (Å²) in [6, 6.07) is 0. The topological polar surface area (TPSA) is 119 Å². The van der Waals surface area contributed by atoms with E-state index < -0.39 is 28.0 Å². The highest BCUT2D eigenvalue weighted by Gasteiger charge is 2.27. The van der Waals surface area contributed by atoms with Crippen molar-refractivity contribution in [3.63, 3.8) is 0 Å². The number of aromatic nitrogens is 1. The zero-order valence-electron chi connectivity index (χ0n) is 6.60. The van der Waals surface area contributed by atoms with Crippen LogP contribution in [0.4, 0.5) is 11.5 Å². The number of halogens is 1. The van der Waals surface area contributed by atoms with E-state index in [1.165, 1.54) is 0 Å². The molecular formula is C6H4BrN3O4. The molecule has 1 rings (SSSR count). The van der Waals surface area contributed by atoms with Crippen LogP contribution < -0.4 is 5.73 Å². The molecule has 0 amide bonds. The summed E-state index contributed by atoms with van der Waals surface area (Å²) in [5, 5.41) is 19.2. The Balaban J connectivity index is 3.58. The van der Waals surface area contributed by atoms with Crippen LogP contribution in [0.2, 0.25) is 0 Å². The lowest BCUT2D eigenvalue weighted by Crippen LogP contribution is -2.08. The molecule has 0 aliphatic rings. The van der Waals surface area contributed by atoms with Crippen LogP contribution >= 0.6 is 15.9 Å². The third kappa shape index (κ3) is 1.64. The van der Waals surface area contributed by atoms with Crippen LogP contribution in [0.5, 0.6) is 0 Å². The van der Waals surface area contributed by atoms with Crippen molar-refractivity contribution in [2.45, 2.75) is 0 Å². The van der Waals surface area contributed by atoms with Crippen molar-refractivity contribution in [1.82, 2.24) is 4.98 Å². The Labute approximate surface area is 85.8 Å². The second-order valence-corrected chi connectivity index (χ2v) is 3.13. The fourth-order valence-corrected chi connectivity index (χ4v) is 1.34. The largest absolute Gasteiger partial charge is 0.477 e. The molecule has 0 aliphatic heterocycles. The van der Waals surface area contributed by atoms with Crippen molar-refractivity contribution in [3.05, 3.63) is 26.3 Å². The summed E-state index contributed by atoms with van der Waals surface area (Å²) in [6.07, 6.45) is 1.10. The highest BCUT2D eigenvalue weighted by Crippen LogP contribution is 2.30. The van der Waals surface area contributed by atoms with E-state index in [2.05, 4.69) is 20.9 Å². The van der Waals surface area contributed by atoms with E-state index in [-0.39, 0.29) is 4.47 Å². The van der Waals surface area contributed by atoms with E-state index in [0.717, 1.165) is 6.20 Å². The lowest BCUT2D eigenvalue weighted by molar-refractivity contribution is -0.384. The number of anilines is 1. The molecule has 0 aromatic carbocycles. The standard InChI is InChI=1S/C6H4BrN3O4/c7-2-1-9-5(8)4(10(13)14)3(2)6(11)12/h1H,(H2,8,9)(H,11,12). The van der Waals surface area contributed by atoms with Gasteiger partial charge in [-0.2, -0.15) is 0 Å². The summed E-state index contributed by atoms with van der Waals surface area (Å²) in [6.45, 7) is 0. The molecule has 1 aromatic heterocycles. The highest BCUT2D eigenvalue weighted by molar-refractivity contribution is 9.10. The van der Waals surface area contributed by atoms with Crippen LogP contribution in [0.15, 0.2) is 10.7 Å². The minimum Gasteiger partial charge on any atom is -0.477 e. The number of carboxylic acids is 1. The van der Waals surface area contributed by atoms with Gasteiger partial charge in [0.1, 0.15) is 0 Å². The van der Waals surface area contributed by atoms with Crippen LogP contribution in [-0.2, 0) is 0 Å². The molecule has 0 unspecified atom stereocenters. The molecule has 14 heavy (non-hydrogen) atoms. The Kier molecular flexibility index (Phi) is 2.65. The predicted octanol–water partition coefficient (Wildman–Crippen LogP) is 1.03. The zero-order chi connectivity index (χ0) is 10.9. The first kappa shape index (κ1) is 10.4. The number of nitrogen functional groups attached to an aromatic ring is 1. The quantitative estimate of drug-likeness (QED) is 0.606. The average Bonchev–Trinajstić information content (AvgIpc) is 2.07. The number of nitro groups is 1. The van der Waals surface area contributed by atoms with Gasteiger partial charge in [0.05, 0.1) is 9.40 Å². The Morgan fingerprint density at radius 3 is 2.64 bits per heavy atom. The fourth-order valence-electron chi connectivity index (χ4n) is 0.881. The number of hydrogen-bond donors (Lipinski definition) is 2. The number of nitrogens with two attached hydrogens (primary N) is 1. The molecular weight excluding hydrogens is 258 g/mol. The summed E-state index contributed by atoms with van der Waals surface area (Å²) < 4.78 is 0.0194. The summed E-state index contributed by atoms with van der Waals surface area (Å²) in [4.78, 5) is 23.8. The Morgan fingerprint density at radius 2 is 2.29 bits per heavy atom. The lowest BCUT2D eigenvalue weighted by atomic mass is 10.2.